The molecule has 1 N–H and O–H groups in total. The number of benzene rings is 2. The van der Waals surface area contributed by atoms with Crippen molar-refractivity contribution in [3.63, 3.8) is 0 Å². The predicted molar refractivity (Wildman–Crippen MR) is 139 cm³/mol. The van der Waals surface area contributed by atoms with Crippen LogP contribution < -0.4 is 10.2 Å². The van der Waals surface area contributed by atoms with Gasteiger partial charge in [0.1, 0.15) is 12.3 Å². The molecule has 2 aliphatic heterocycles. The zero-order valence-electron chi connectivity index (χ0n) is 21.2. The number of amides is 2. The highest BCUT2D eigenvalue weighted by atomic mass is 32.2. The molecule has 2 aliphatic rings. The van der Waals surface area contributed by atoms with E-state index < -0.39 is 34.9 Å². The van der Waals surface area contributed by atoms with Crippen molar-refractivity contribution >= 4 is 34.6 Å². The van der Waals surface area contributed by atoms with E-state index in [1.807, 2.05) is 4.90 Å². The van der Waals surface area contributed by atoms with Crippen LogP contribution in [0.3, 0.4) is 0 Å². The summed E-state index contributed by atoms with van der Waals surface area (Å²) < 4.78 is 51.6. The van der Waals surface area contributed by atoms with Gasteiger partial charge in [0.2, 0.25) is 11.9 Å². The van der Waals surface area contributed by atoms with Crippen molar-refractivity contribution in [2.24, 2.45) is 0 Å². The molecule has 1 saturated heterocycles. The van der Waals surface area contributed by atoms with Gasteiger partial charge in [0.25, 0.3) is 5.91 Å². The largest absolute Gasteiger partial charge is 0.612 e. The van der Waals surface area contributed by atoms with Gasteiger partial charge in [-0.1, -0.05) is 18.2 Å². The quantitative estimate of drug-likeness (QED) is 0.460. The van der Waals surface area contributed by atoms with Crippen molar-refractivity contribution < 1.29 is 27.3 Å². The molecule has 39 heavy (non-hydrogen) atoms. The minimum Gasteiger partial charge on any atom is -0.612 e. The number of carbonyl (C=O) groups is 2. The molecule has 3 heterocycles. The number of alkyl halides is 3. The Hall–Kier alpha value is -3.64. The van der Waals surface area contributed by atoms with Gasteiger partial charge in [-0.05, 0) is 65.0 Å². The Kier molecular flexibility index (Phi) is 7.25. The first kappa shape index (κ1) is 26.9. The van der Waals surface area contributed by atoms with Crippen molar-refractivity contribution in [2.45, 2.75) is 49.5 Å². The lowest BCUT2D eigenvalue weighted by atomic mass is 10.0. The van der Waals surface area contributed by atoms with E-state index in [4.69, 9.17) is 0 Å². The third-order valence-corrected chi connectivity index (χ3v) is 7.98. The van der Waals surface area contributed by atoms with Crippen molar-refractivity contribution in [1.82, 2.24) is 14.9 Å². The lowest BCUT2D eigenvalue weighted by Crippen LogP contribution is -2.35. The second-order valence-corrected chi connectivity index (χ2v) is 11.0. The number of rotatable bonds is 5. The normalized spacial score (nSPS) is 19.6. The number of hydrogen-bond donors (Lipinski definition) is 1. The predicted octanol–water partition coefficient (Wildman–Crippen LogP) is 4.62. The molecule has 1 aromatic heterocycles. The maximum Gasteiger partial charge on any atom is 0.416 e. The third-order valence-electron chi connectivity index (χ3n) is 7.06. The molecule has 2 aromatic carbocycles. The number of anilines is 2. The van der Waals surface area contributed by atoms with Crippen LogP contribution in [0, 0.1) is 0 Å². The van der Waals surface area contributed by atoms with Crippen molar-refractivity contribution in [3.8, 4) is 0 Å². The fourth-order valence-corrected chi connectivity index (χ4v) is 5.77. The summed E-state index contributed by atoms with van der Waals surface area (Å²) >= 11 is -1.20. The zero-order valence-corrected chi connectivity index (χ0v) is 22.1. The van der Waals surface area contributed by atoms with Crippen LogP contribution in [-0.2, 0) is 33.5 Å². The van der Waals surface area contributed by atoms with Gasteiger partial charge < -0.3 is 19.7 Å². The third kappa shape index (κ3) is 5.44. The molecular formula is C27H26F3N5O3S. The number of fused-ring (bicyclic) bond motifs is 1. The Morgan fingerprint density at radius 1 is 1.13 bits per heavy atom. The van der Waals surface area contributed by atoms with E-state index in [0.29, 0.717) is 40.6 Å². The first-order chi connectivity index (χ1) is 18.5. The summed E-state index contributed by atoms with van der Waals surface area (Å²) in [6.45, 7) is 2.21. The molecule has 3 atom stereocenters. The highest BCUT2D eigenvalue weighted by Crippen LogP contribution is 2.38. The van der Waals surface area contributed by atoms with Gasteiger partial charge in [-0.2, -0.15) is 13.2 Å². The van der Waals surface area contributed by atoms with Crippen LogP contribution in [0.15, 0.2) is 59.8 Å². The van der Waals surface area contributed by atoms with Crippen LogP contribution in [0.2, 0.25) is 0 Å². The molecule has 204 valence electrons. The van der Waals surface area contributed by atoms with E-state index in [9.17, 15) is 27.3 Å². The van der Waals surface area contributed by atoms with E-state index in [0.717, 1.165) is 18.1 Å². The monoisotopic (exact) mass is 557 g/mol. The van der Waals surface area contributed by atoms with Crippen molar-refractivity contribution in [1.29, 1.82) is 0 Å². The van der Waals surface area contributed by atoms with Crippen LogP contribution in [-0.4, -0.2) is 44.0 Å². The number of carbonyl (C=O) groups excluding carboxylic acids is 2. The summed E-state index contributed by atoms with van der Waals surface area (Å²) in [5, 5.41) is 2.77. The summed E-state index contributed by atoms with van der Waals surface area (Å²) in [6, 6.07) is 9.30. The maximum atomic E-state index is 13.3. The standard InChI is InChI=1S/C27H26F3N5O3S/c1-16(36)35-15-18-12-21(39(2)38)8-9-22(18)24(35)25(37)33-20-13-31-26(32-14-20)34-10-4-7-23(34)17-5-3-6-19(11-17)27(28,29)30/h3,5-6,8-9,11-14,23-24H,4,7,10,15H2,1-2H3,(H,33,37). The number of nitrogens with zero attached hydrogens (tertiary/aromatic N) is 4. The average Bonchev–Trinajstić information content (AvgIpc) is 3.54. The lowest BCUT2D eigenvalue weighted by Gasteiger charge is -2.26. The zero-order chi connectivity index (χ0) is 27.9. The van der Waals surface area contributed by atoms with Gasteiger partial charge >= 0.3 is 6.18 Å². The van der Waals surface area contributed by atoms with Crippen LogP contribution in [0.25, 0.3) is 0 Å². The van der Waals surface area contributed by atoms with Crippen LogP contribution in [0.4, 0.5) is 24.8 Å². The smallest absolute Gasteiger partial charge is 0.416 e. The van der Waals surface area contributed by atoms with E-state index in [1.54, 1.807) is 30.5 Å². The molecule has 0 spiro atoms. The Balaban J connectivity index is 1.33. The molecule has 0 aliphatic carbocycles. The first-order valence-corrected chi connectivity index (χ1v) is 13.9. The molecule has 5 rings (SSSR count). The summed E-state index contributed by atoms with van der Waals surface area (Å²) in [5.74, 6) is -0.356. The van der Waals surface area contributed by atoms with E-state index >= 15 is 0 Å². The fourth-order valence-electron chi connectivity index (χ4n) is 5.20. The molecule has 3 unspecified atom stereocenters. The molecule has 1 fully saturated rings. The fraction of sp³-hybridized carbons (Fsp3) is 0.333. The minimum atomic E-state index is -4.43. The first-order valence-electron chi connectivity index (χ1n) is 12.3. The van der Waals surface area contributed by atoms with Crippen LogP contribution >= 0.6 is 0 Å². The van der Waals surface area contributed by atoms with Crippen LogP contribution in [0.1, 0.15) is 54.1 Å². The molecule has 12 heteroatoms. The molecule has 0 saturated carbocycles. The topological polar surface area (TPSA) is 101 Å². The highest BCUT2D eigenvalue weighted by Gasteiger charge is 2.38. The molecular weight excluding hydrogens is 531 g/mol. The van der Waals surface area contributed by atoms with Gasteiger partial charge in [-0.25, -0.2) is 9.97 Å². The van der Waals surface area contributed by atoms with Gasteiger partial charge in [0.05, 0.1) is 29.7 Å². The van der Waals surface area contributed by atoms with E-state index in [2.05, 4.69) is 15.3 Å². The Labute approximate surface area is 226 Å². The number of hydrogen-bond acceptors (Lipinski definition) is 6. The second kappa shape index (κ2) is 10.5. The maximum absolute atomic E-state index is 13.3. The van der Waals surface area contributed by atoms with Gasteiger partial charge in [-0.3, -0.25) is 9.59 Å². The second-order valence-electron chi connectivity index (χ2n) is 9.60. The molecule has 2 amide bonds. The number of halogens is 3. The van der Waals surface area contributed by atoms with E-state index in [-0.39, 0.29) is 18.5 Å². The molecule has 0 bridgehead atoms. The van der Waals surface area contributed by atoms with E-state index in [1.165, 1.54) is 36.4 Å². The number of nitrogens with one attached hydrogen (secondary N) is 1. The van der Waals surface area contributed by atoms with Gasteiger partial charge in [0, 0.05) is 20.0 Å². The summed E-state index contributed by atoms with van der Waals surface area (Å²) in [7, 11) is 0. The van der Waals surface area contributed by atoms with Gasteiger partial charge in [-0.15, -0.1) is 0 Å². The molecule has 3 aromatic rings. The Morgan fingerprint density at radius 3 is 2.54 bits per heavy atom. The highest BCUT2D eigenvalue weighted by molar-refractivity contribution is 7.90. The van der Waals surface area contributed by atoms with Crippen LogP contribution in [0.5, 0.6) is 0 Å². The van der Waals surface area contributed by atoms with Crippen molar-refractivity contribution in [2.75, 3.05) is 23.0 Å². The minimum absolute atomic E-state index is 0.231. The Morgan fingerprint density at radius 2 is 1.87 bits per heavy atom. The molecule has 8 nitrogen and oxygen atoms in total. The SMILES string of the molecule is CC(=O)N1Cc2cc([S+](C)[O-])ccc2C1C(=O)Nc1cnc(N2CCCC2c2cccc(C(F)(F)F)c2)nc1. The Bertz CT molecular complexity index is 1400. The van der Waals surface area contributed by atoms with Gasteiger partial charge in [0.15, 0.2) is 4.90 Å². The summed E-state index contributed by atoms with van der Waals surface area (Å²) in [6.07, 6.45) is 1.47. The average molecular weight is 558 g/mol. The summed E-state index contributed by atoms with van der Waals surface area (Å²) in [5.41, 5.74) is 1.59. The molecule has 0 radical (unpaired) electrons. The summed E-state index contributed by atoms with van der Waals surface area (Å²) in [4.78, 5) is 38.3. The number of aromatic nitrogens is 2. The lowest BCUT2D eigenvalue weighted by molar-refractivity contribution is -0.137. The van der Waals surface area contributed by atoms with Crippen molar-refractivity contribution in [3.05, 3.63) is 77.1 Å².